The maximum atomic E-state index is 13.3. The van der Waals surface area contributed by atoms with E-state index in [0.717, 1.165) is 13.1 Å². The molecule has 0 saturated carbocycles. The Morgan fingerprint density at radius 1 is 1.03 bits per heavy atom. The van der Waals surface area contributed by atoms with Gasteiger partial charge in [0.25, 0.3) is 11.7 Å². The highest BCUT2D eigenvalue weighted by Gasteiger charge is 2.46. The fourth-order valence-electron chi connectivity index (χ4n) is 4.34. The normalized spacial score (nSPS) is 17.5. The van der Waals surface area contributed by atoms with Crippen LogP contribution in [-0.2, 0) is 9.59 Å². The molecule has 3 rings (SSSR count). The minimum absolute atomic E-state index is 0.0145. The van der Waals surface area contributed by atoms with E-state index in [0.29, 0.717) is 42.3 Å². The third-order valence-corrected chi connectivity index (χ3v) is 6.10. The zero-order chi connectivity index (χ0) is 25.5. The topological polar surface area (TPSA) is 79.3 Å². The summed E-state index contributed by atoms with van der Waals surface area (Å²) in [6, 6.07) is 13.5. The minimum Gasteiger partial charge on any atom is -0.507 e. The largest absolute Gasteiger partial charge is 0.507 e. The van der Waals surface area contributed by atoms with Gasteiger partial charge in [0.05, 0.1) is 24.3 Å². The van der Waals surface area contributed by atoms with Crippen molar-refractivity contribution in [2.45, 2.75) is 46.8 Å². The molecule has 2 aromatic carbocycles. The lowest BCUT2D eigenvalue weighted by molar-refractivity contribution is -0.140. The summed E-state index contributed by atoms with van der Waals surface area (Å²) in [5.74, 6) is -0.271. The number of aliphatic hydroxyl groups is 1. The smallest absolute Gasteiger partial charge is 0.295 e. The number of amides is 1. The number of Topliss-reactive ketones (excluding diaryl/α,β-unsaturated/α-hetero) is 1. The molecule has 0 aromatic heterocycles. The van der Waals surface area contributed by atoms with Gasteiger partial charge in [0.1, 0.15) is 17.3 Å². The molecule has 35 heavy (non-hydrogen) atoms. The monoisotopic (exact) mass is 480 g/mol. The molecule has 1 aliphatic rings. The number of benzene rings is 2. The number of carbonyl (C=O) groups excluding carboxylic acids is 2. The average Bonchev–Trinajstić information content (AvgIpc) is 3.10. The molecular formula is C28H36N2O5. The van der Waals surface area contributed by atoms with Crippen LogP contribution in [0.5, 0.6) is 11.5 Å². The Hall–Kier alpha value is -3.32. The first-order valence-corrected chi connectivity index (χ1v) is 12.3. The van der Waals surface area contributed by atoms with E-state index in [-0.39, 0.29) is 17.4 Å². The van der Waals surface area contributed by atoms with Gasteiger partial charge in [-0.1, -0.05) is 32.0 Å². The second kappa shape index (κ2) is 11.9. The van der Waals surface area contributed by atoms with Crippen molar-refractivity contribution in [1.29, 1.82) is 0 Å². The summed E-state index contributed by atoms with van der Waals surface area (Å²) in [5, 5.41) is 11.3. The Balaban J connectivity index is 2.10. The first kappa shape index (κ1) is 26.3. The molecule has 1 N–H and O–H groups in total. The van der Waals surface area contributed by atoms with E-state index >= 15 is 0 Å². The number of likely N-dealkylation sites (tertiary alicyclic amines) is 1. The molecule has 0 spiro atoms. The Morgan fingerprint density at radius 2 is 1.69 bits per heavy atom. The van der Waals surface area contributed by atoms with Crippen LogP contribution in [0.3, 0.4) is 0 Å². The van der Waals surface area contributed by atoms with Gasteiger partial charge in [-0.05, 0) is 64.2 Å². The summed E-state index contributed by atoms with van der Waals surface area (Å²) in [6.07, 6.45) is 0.0145. The molecule has 0 unspecified atom stereocenters. The number of rotatable bonds is 11. The van der Waals surface area contributed by atoms with Gasteiger partial charge in [-0.3, -0.25) is 9.59 Å². The summed E-state index contributed by atoms with van der Waals surface area (Å²) in [7, 11) is 0. The van der Waals surface area contributed by atoms with Crippen LogP contribution in [0.15, 0.2) is 54.1 Å². The lowest BCUT2D eigenvalue weighted by Crippen LogP contribution is -2.38. The highest BCUT2D eigenvalue weighted by atomic mass is 16.5. The lowest BCUT2D eigenvalue weighted by atomic mass is 9.94. The zero-order valence-corrected chi connectivity index (χ0v) is 21.3. The molecule has 1 fully saturated rings. The zero-order valence-electron chi connectivity index (χ0n) is 21.3. The fraction of sp³-hybridized carbons (Fsp3) is 0.429. The molecule has 1 heterocycles. The van der Waals surface area contributed by atoms with Crippen LogP contribution in [-0.4, -0.2) is 65.5 Å². The van der Waals surface area contributed by atoms with Crippen LogP contribution < -0.4 is 9.47 Å². The van der Waals surface area contributed by atoms with Crippen LogP contribution in [0.1, 0.15) is 51.8 Å². The minimum atomic E-state index is -0.750. The summed E-state index contributed by atoms with van der Waals surface area (Å²) in [4.78, 5) is 30.3. The highest BCUT2D eigenvalue weighted by molar-refractivity contribution is 6.46. The number of nitrogens with zero attached hydrogens (tertiary/aromatic N) is 2. The SMILES string of the molecule is CCOc1ccccc1[C@@H]1C(=C(O)c2ccc(OC(C)C)cc2)C(=O)C(=O)N1CCN(CC)CC. The van der Waals surface area contributed by atoms with E-state index in [1.54, 1.807) is 29.2 Å². The third-order valence-electron chi connectivity index (χ3n) is 6.10. The number of para-hydroxylation sites is 1. The Bertz CT molecular complexity index is 1060. The maximum Gasteiger partial charge on any atom is 0.295 e. The summed E-state index contributed by atoms with van der Waals surface area (Å²) >= 11 is 0. The molecule has 1 atom stereocenters. The lowest BCUT2D eigenvalue weighted by Gasteiger charge is -2.29. The maximum absolute atomic E-state index is 13.3. The van der Waals surface area contributed by atoms with E-state index in [1.807, 2.05) is 45.0 Å². The number of ether oxygens (including phenoxy) is 2. The van der Waals surface area contributed by atoms with Crippen molar-refractivity contribution in [3.8, 4) is 11.5 Å². The Kier molecular flexibility index (Phi) is 8.93. The molecule has 7 heteroatoms. The van der Waals surface area contributed by atoms with Crippen LogP contribution in [0.2, 0.25) is 0 Å². The van der Waals surface area contributed by atoms with Gasteiger partial charge < -0.3 is 24.4 Å². The summed E-state index contributed by atoms with van der Waals surface area (Å²) in [6.45, 7) is 13.0. The van der Waals surface area contributed by atoms with Gasteiger partial charge in [0.2, 0.25) is 0 Å². The van der Waals surface area contributed by atoms with E-state index in [9.17, 15) is 14.7 Å². The number of hydrogen-bond acceptors (Lipinski definition) is 6. The predicted octanol–water partition coefficient (Wildman–Crippen LogP) is 4.64. The van der Waals surface area contributed by atoms with Crippen molar-refractivity contribution in [1.82, 2.24) is 9.80 Å². The molecule has 1 aliphatic heterocycles. The standard InChI is InChI=1S/C28H36N2O5/c1-6-29(7-2)17-18-30-25(22-11-9-10-12-23(22)34-8-3)24(27(32)28(30)33)26(31)20-13-15-21(16-14-20)35-19(4)5/h9-16,19,25,31H,6-8,17-18H2,1-5H3/t25-/m1/s1. The van der Waals surface area contributed by atoms with Crippen molar-refractivity contribution in [3.63, 3.8) is 0 Å². The van der Waals surface area contributed by atoms with E-state index in [4.69, 9.17) is 9.47 Å². The molecule has 0 bridgehead atoms. The van der Waals surface area contributed by atoms with Gasteiger partial charge in [-0.2, -0.15) is 0 Å². The molecule has 7 nitrogen and oxygen atoms in total. The van der Waals surface area contributed by atoms with E-state index in [2.05, 4.69) is 18.7 Å². The molecule has 188 valence electrons. The van der Waals surface area contributed by atoms with Crippen molar-refractivity contribution in [2.75, 3.05) is 32.8 Å². The number of carbonyl (C=O) groups is 2. The van der Waals surface area contributed by atoms with Gasteiger partial charge in [0, 0.05) is 24.2 Å². The summed E-state index contributed by atoms with van der Waals surface area (Å²) < 4.78 is 11.5. The molecule has 1 amide bonds. The van der Waals surface area contributed by atoms with Gasteiger partial charge in [0.15, 0.2) is 0 Å². The number of hydrogen-bond donors (Lipinski definition) is 1. The molecular weight excluding hydrogens is 444 g/mol. The molecule has 1 saturated heterocycles. The molecule has 0 radical (unpaired) electrons. The predicted molar refractivity (Wildman–Crippen MR) is 137 cm³/mol. The van der Waals surface area contributed by atoms with Crippen LogP contribution in [0.4, 0.5) is 0 Å². The van der Waals surface area contributed by atoms with Crippen LogP contribution >= 0.6 is 0 Å². The fourth-order valence-corrected chi connectivity index (χ4v) is 4.34. The summed E-state index contributed by atoms with van der Waals surface area (Å²) in [5.41, 5.74) is 1.19. The Morgan fingerprint density at radius 3 is 2.29 bits per heavy atom. The highest BCUT2D eigenvalue weighted by Crippen LogP contribution is 2.42. The Labute approximate surface area is 207 Å². The van der Waals surface area contributed by atoms with Crippen LogP contribution in [0.25, 0.3) is 5.76 Å². The van der Waals surface area contributed by atoms with Gasteiger partial charge >= 0.3 is 0 Å². The molecule has 0 aliphatic carbocycles. The van der Waals surface area contributed by atoms with Crippen LogP contribution in [0, 0.1) is 0 Å². The van der Waals surface area contributed by atoms with Gasteiger partial charge in [-0.15, -0.1) is 0 Å². The van der Waals surface area contributed by atoms with Crippen molar-refractivity contribution >= 4 is 17.4 Å². The van der Waals surface area contributed by atoms with E-state index < -0.39 is 17.7 Å². The number of ketones is 1. The first-order chi connectivity index (χ1) is 16.8. The second-order valence-electron chi connectivity index (χ2n) is 8.68. The van der Waals surface area contributed by atoms with Gasteiger partial charge in [-0.25, -0.2) is 0 Å². The number of likely N-dealkylation sites (N-methyl/N-ethyl adjacent to an activating group) is 1. The average molecular weight is 481 g/mol. The third kappa shape index (κ3) is 5.85. The van der Waals surface area contributed by atoms with E-state index in [1.165, 1.54) is 0 Å². The quantitative estimate of drug-likeness (QED) is 0.287. The first-order valence-electron chi connectivity index (χ1n) is 12.3. The second-order valence-corrected chi connectivity index (χ2v) is 8.68. The van der Waals surface area contributed by atoms with Crippen molar-refractivity contribution in [2.24, 2.45) is 0 Å². The van der Waals surface area contributed by atoms with Crippen molar-refractivity contribution in [3.05, 3.63) is 65.2 Å². The van der Waals surface area contributed by atoms with Crippen molar-refractivity contribution < 1.29 is 24.2 Å². The number of aliphatic hydroxyl groups excluding tert-OH is 1. The molecule has 2 aromatic rings.